The number of hydrogen-bond donors (Lipinski definition) is 0. The average Bonchev–Trinajstić information content (AvgIpc) is 2.67. The predicted octanol–water partition coefficient (Wildman–Crippen LogP) is 0.560. The van der Waals surface area contributed by atoms with Crippen LogP contribution in [-0.2, 0) is 5.88 Å². The van der Waals surface area contributed by atoms with E-state index in [1.165, 1.54) is 0 Å². The van der Waals surface area contributed by atoms with Crippen LogP contribution in [0.3, 0.4) is 0 Å². The molecule has 2 rings (SSSR count). The molecule has 0 spiro atoms. The third kappa shape index (κ3) is 1.99. The fourth-order valence-electron chi connectivity index (χ4n) is 1.42. The van der Waals surface area contributed by atoms with Gasteiger partial charge in [-0.15, -0.1) is 16.7 Å². The molecule has 0 aromatic carbocycles. The molecular formula is C8H13ClN4O. The lowest BCUT2D eigenvalue weighted by Gasteiger charge is -2.30. The van der Waals surface area contributed by atoms with Gasteiger partial charge < -0.3 is 14.2 Å². The van der Waals surface area contributed by atoms with E-state index in [9.17, 15) is 0 Å². The summed E-state index contributed by atoms with van der Waals surface area (Å²) in [5.74, 6) is 0.765. The number of likely N-dealkylation sites (N-methyl/N-ethyl adjacent to an activating group) is 1. The zero-order valence-corrected chi connectivity index (χ0v) is 8.87. The minimum absolute atomic E-state index is 0.279. The highest BCUT2D eigenvalue weighted by atomic mass is 35.5. The number of piperazine rings is 1. The predicted molar refractivity (Wildman–Crippen MR) is 53.6 cm³/mol. The first-order chi connectivity index (χ1) is 6.79. The molecule has 6 heteroatoms. The Hall–Kier alpha value is -0.810. The number of anilines is 1. The molecule has 0 unspecified atom stereocenters. The Labute approximate surface area is 87.6 Å². The third-order valence-electron chi connectivity index (χ3n) is 2.34. The SMILES string of the molecule is CN1CCN(c2nnc(CCl)o2)CC1. The van der Waals surface area contributed by atoms with Gasteiger partial charge in [0.2, 0.25) is 5.89 Å². The topological polar surface area (TPSA) is 45.4 Å². The van der Waals surface area contributed by atoms with Gasteiger partial charge in [0.05, 0.1) is 0 Å². The van der Waals surface area contributed by atoms with E-state index in [1.54, 1.807) is 0 Å². The highest BCUT2D eigenvalue weighted by molar-refractivity contribution is 6.16. The fraction of sp³-hybridized carbons (Fsp3) is 0.750. The van der Waals surface area contributed by atoms with Crippen molar-refractivity contribution in [2.45, 2.75) is 5.88 Å². The van der Waals surface area contributed by atoms with Crippen molar-refractivity contribution in [3.63, 3.8) is 0 Å². The van der Waals surface area contributed by atoms with Gasteiger partial charge in [-0.05, 0) is 7.05 Å². The molecule has 1 aromatic rings. The average molecular weight is 217 g/mol. The lowest BCUT2D eigenvalue weighted by Crippen LogP contribution is -2.44. The van der Waals surface area contributed by atoms with Crippen molar-refractivity contribution in [2.24, 2.45) is 0 Å². The molecule has 0 bridgehead atoms. The number of halogens is 1. The van der Waals surface area contributed by atoms with Crippen LogP contribution in [0.15, 0.2) is 4.42 Å². The van der Waals surface area contributed by atoms with Crippen molar-refractivity contribution < 1.29 is 4.42 Å². The number of nitrogens with zero attached hydrogens (tertiary/aromatic N) is 4. The molecule has 1 aliphatic rings. The van der Waals surface area contributed by atoms with Crippen LogP contribution in [0, 0.1) is 0 Å². The summed E-state index contributed by atoms with van der Waals surface area (Å²) < 4.78 is 5.36. The molecule has 5 nitrogen and oxygen atoms in total. The molecule has 78 valence electrons. The van der Waals surface area contributed by atoms with Crippen LogP contribution in [0.25, 0.3) is 0 Å². The van der Waals surface area contributed by atoms with E-state index in [0.717, 1.165) is 26.2 Å². The smallest absolute Gasteiger partial charge is 0.318 e. The lowest BCUT2D eigenvalue weighted by molar-refractivity contribution is 0.304. The summed E-state index contributed by atoms with van der Waals surface area (Å²) in [7, 11) is 2.11. The zero-order valence-electron chi connectivity index (χ0n) is 8.11. The molecule has 0 aliphatic carbocycles. The van der Waals surface area contributed by atoms with E-state index >= 15 is 0 Å². The van der Waals surface area contributed by atoms with Crippen LogP contribution in [0.4, 0.5) is 6.01 Å². The highest BCUT2D eigenvalue weighted by Gasteiger charge is 2.18. The van der Waals surface area contributed by atoms with Crippen molar-refractivity contribution >= 4 is 17.6 Å². The van der Waals surface area contributed by atoms with Gasteiger partial charge in [-0.2, -0.15) is 0 Å². The van der Waals surface area contributed by atoms with Gasteiger partial charge in [0, 0.05) is 26.2 Å². The molecule has 14 heavy (non-hydrogen) atoms. The summed E-state index contributed by atoms with van der Waals surface area (Å²) >= 11 is 5.58. The van der Waals surface area contributed by atoms with Gasteiger partial charge in [0.1, 0.15) is 5.88 Å². The van der Waals surface area contributed by atoms with Gasteiger partial charge in [-0.3, -0.25) is 0 Å². The molecule has 1 fully saturated rings. The Morgan fingerprint density at radius 1 is 1.29 bits per heavy atom. The van der Waals surface area contributed by atoms with E-state index in [2.05, 4.69) is 27.0 Å². The summed E-state index contributed by atoms with van der Waals surface area (Å²) in [6.45, 7) is 3.91. The maximum Gasteiger partial charge on any atom is 0.318 e. The molecule has 0 N–H and O–H groups in total. The second kappa shape index (κ2) is 4.14. The number of hydrogen-bond acceptors (Lipinski definition) is 5. The zero-order chi connectivity index (χ0) is 9.97. The summed E-state index contributed by atoms with van der Waals surface area (Å²) in [5, 5.41) is 7.77. The van der Waals surface area contributed by atoms with Crippen LogP contribution >= 0.6 is 11.6 Å². The van der Waals surface area contributed by atoms with Crippen LogP contribution in [-0.4, -0.2) is 48.3 Å². The Kier molecular flexibility index (Phi) is 2.88. The fourth-order valence-corrected chi connectivity index (χ4v) is 1.53. The molecule has 0 amide bonds. The molecule has 2 heterocycles. The number of alkyl halides is 1. The molecule has 0 radical (unpaired) electrons. The van der Waals surface area contributed by atoms with Gasteiger partial charge in [-0.25, -0.2) is 0 Å². The number of rotatable bonds is 2. The maximum absolute atomic E-state index is 5.58. The van der Waals surface area contributed by atoms with Crippen molar-refractivity contribution in [3.05, 3.63) is 5.89 Å². The normalized spacial score (nSPS) is 18.9. The number of aromatic nitrogens is 2. The Morgan fingerprint density at radius 2 is 2.00 bits per heavy atom. The molecule has 0 atom stereocenters. The molecule has 1 saturated heterocycles. The van der Waals surface area contributed by atoms with Crippen molar-refractivity contribution in [3.8, 4) is 0 Å². The van der Waals surface area contributed by atoms with Gasteiger partial charge >= 0.3 is 6.01 Å². The summed E-state index contributed by atoms with van der Waals surface area (Å²) in [6.07, 6.45) is 0. The largest absolute Gasteiger partial charge is 0.407 e. The summed E-state index contributed by atoms with van der Waals surface area (Å²) in [5.41, 5.74) is 0. The molecular weight excluding hydrogens is 204 g/mol. The minimum Gasteiger partial charge on any atom is -0.407 e. The molecule has 0 saturated carbocycles. The first kappa shape index (κ1) is 9.73. The van der Waals surface area contributed by atoms with Crippen molar-refractivity contribution in [2.75, 3.05) is 38.1 Å². The van der Waals surface area contributed by atoms with Crippen LogP contribution in [0.5, 0.6) is 0 Å². The Bertz CT molecular complexity index is 295. The van der Waals surface area contributed by atoms with E-state index in [-0.39, 0.29) is 5.88 Å². The van der Waals surface area contributed by atoms with Crippen molar-refractivity contribution in [1.29, 1.82) is 0 Å². The first-order valence-electron chi connectivity index (χ1n) is 4.61. The van der Waals surface area contributed by atoms with Crippen LogP contribution < -0.4 is 4.90 Å². The minimum atomic E-state index is 0.279. The second-order valence-electron chi connectivity index (χ2n) is 3.40. The summed E-state index contributed by atoms with van der Waals surface area (Å²) in [4.78, 5) is 4.36. The third-order valence-corrected chi connectivity index (χ3v) is 2.57. The van der Waals surface area contributed by atoms with Crippen LogP contribution in [0.2, 0.25) is 0 Å². The lowest BCUT2D eigenvalue weighted by atomic mass is 10.3. The van der Waals surface area contributed by atoms with Gasteiger partial charge in [0.25, 0.3) is 0 Å². The van der Waals surface area contributed by atoms with E-state index in [0.29, 0.717) is 11.9 Å². The monoisotopic (exact) mass is 216 g/mol. The first-order valence-corrected chi connectivity index (χ1v) is 5.15. The maximum atomic E-state index is 5.58. The molecule has 1 aromatic heterocycles. The highest BCUT2D eigenvalue weighted by Crippen LogP contribution is 2.14. The van der Waals surface area contributed by atoms with Crippen molar-refractivity contribution in [1.82, 2.24) is 15.1 Å². The Balaban J connectivity index is 2.01. The van der Waals surface area contributed by atoms with Gasteiger partial charge in [0.15, 0.2) is 0 Å². The summed E-state index contributed by atoms with van der Waals surface area (Å²) in [6, 6.07) is 0.591. The standard InChI is InChI=1S/C8H13ClN4O/c1-12-2-4-13(5-3-12)8-11-10-7(6-9)14-8/h2-6H2,1H3. The van der Waals surface area contributed by atoms with E-state index in [1.807, 2.05) is 0 Å². The second-order valence-corrected chi connectivity index (χ2v) is 3.67. The van der Waals surface area contributed by atoms with Crippen LogP contribution in [0.1, 0.15) is 5.89 Å². The quantitative estimate of drug-likeness (QED) is 0.676. The van der Waals surface area contributed by atoms with Gasteiger partial charge in [-0.1, -0.05) is 5.10 Å². The Morgan fingerprint density at radius 3 is 2.57 bits per heavy atom. The van der Waals surface area contributed by atoms with E-state index < -0.39 is 0 Å². The molecule has 1 aliphatic heterocycles. The van der Waals surface area contributed by atoms with E-state index in [4.69, 9.17) is 16.0 Å².